The van der Waals surface area contributed by atoms with Crippen molar-refractivity contribution < 1.29 is 9.53 Å². The van der Waals surface area contributed by atoms with Gasteiger partial charge in [-0.3, -0.25) is 4.79 Å². The Labute approximate surface area is 97.9 Å². The number of ether oxygens (including phenoxy) is 1. The second-order valence-electron chi connectivity index (χ2n) is 4.81. The van der Waals surface area contributed by atoms with Gasteiger partial charge in [0.15, 0.2) is 0 Å². The van der Waals surface area contributed by atoms with E-state index in [0.29, 0.717) is 0 Å². The minimum absolute atomic E-state index is 0.0531. The molecular weight excluding hydrogens is 204 g/mol. The molecule has 0 saturated heterocycles. The molecule has 0 radical (unpaired) electrons. The highest BCUT2D eigenvalue weighted by Gasteiger charge is 2.36. The molecule has 1 aliphatic rings. The van der Waals surface area contributed by atoms with E-state index in [0.717, 1.165) is 26.2 Å². The molecule has 0 heterocycles. The van der Waals surface area contributed by atoms with Gasteiger partial charge in [-0.25, -0.2) is 0 Å². The first-order valence-electron chi connectivity index (χ1n) is 6.21. The molecule has 3 N–H and O–H groups in total. The summed E-state index contributed by atoms with van der Waals surface area (Å²) >= 11 is 0. The zero-order valence-corrected chi connectivity index (χ0v) is 10.4. The topological polar surface area (TPSA) is 64.3 Å². The van der Waals surface area contributed by atoms with Gasteiger partial charge in [-0.2, -0.15) is 0 Å². The summed E-state index contributed by atoms with van der Waals surface area (Å²) in [6.07, 6.45) is 4.69. The minimum atomic E-state index is -0.413. The maximum Gasteiger partial charge on any atom is 0.236 e. The van der Waals surface area contributed by atoms with Gasteiger partial charge in [0.25, 0.3) is 0 Å². The van der Waals surface area contributed by atoms with Crippen LogP contribution in [0.15, 0.2) is 0 Å². The standard InChI is InChI=1S/C12H24N2O2/c1-3-16-8-7-12(5-4-6-12)9-14-11(15)10(2)13/h10H,3-9,13H2,1-2H3,(H,14,15)/t10-/m0/s1. The molecule has 1 aliphatic carbocycles. The van der Waals surface area contributed by atoms with Crippen LogP contribution < -0.4 is 11.1 Å². The highest BCUT2D eigenvalue weighted by atomic mass is 16.5. The monoisotopic (exact) mass is 228 g/mol. The van der Waals surface area contributed by atoms with Crippen molar-refractivity contribution in [3.8, 4) is 0 Å². The normalized spacial score (nSPS) is 19.9. The summed E-state index contributed by atoms with van der Waals surface area (Å²) < 4.78 is 5.38. The summed E-state index contributed by atoms with van der Waals surface area (Å²) in [5.41, 5.74) is 5.79. The first-order chi connectivity index (χ1) is 7.59. The van der Waals surface area contributed by atoms with Crippen LogP contribution in [-0.2, 0) is 9.53 Å². The second kappa shape index (κ2) is 6.21. The maximum atomic E-state index is 11.4. The molecule has 94 valence electrons. The smallest absolute Gasteiger partial charge is 0.236 e. The van der Waals surface area contributed by atoms with E-state index < -0.39 is 6.04 Å². The van der Waals surface area contributed by atoms with Crippen LogP contribution in [-0.4, -0.2) is 31.7 Å². The lowest BCUT2D eigenvalue weighted by Crippen LogP contribution is -2.47. The van der Waals surface area contributed by atoms with Crippen LogP contribution in [0.3, 0.4) is 0 Å². The second-order valence-corrected chi connectivity index (χ2v) is 4.81. The fourth-order valence-corrected chi connectivity index (χ4v) is 2.06. The molecule has 0 unspecified atom stereocenters. The van der Waals surface area contributed by atoms with Crippen LogP contribution in [0.5, 0.6) is 0 Å². The third kappa shape index (κ3) is 3.76. The summed E-state index contributed by atoms with van der Waals surface area (Å²) in [4.78, 5) is 11.4. The molecule has 0 bridgehead atoms. The Morgan fingerprint density at radius 1 is 1.56 bits per heavy atom. The molecule has 0 aliphatic heterocycles. The van der Waals surface area contributed by atoms with Crippen LogP contribution in [0.25, 0.3) is 0 Å². The summed E-state index contributed by atoms with van der Waals surface area (Å²) in [7, 11) is 0. The van der Waals surface area contributed by atoms with Crippen LogP contribution in [0.2, 0.25) is 0 Å². The van der Waals surface area contributed by atoms with E-state index in [-0.39, 0.29) is 11.3 Å². The average molecular weight is 228 g/mol. The van der Waals surface area contributed by atoms with Crippen LogP contribution >= 0.6 is 0 Å². The Morgan fingerprint density at radius 2 is 2.25 bits per heavy atom. The number of rotatable bonds is 7. The molecule has 0 aromatic heterocycles. The van der Waals surface area contributed by atoms with Crippen molar-refractivity contribution in [1.29, 1.82) is 0 Å². The largest absolute Gasteiger partial charge is 0.382 e. The Bertz CT molecular complexity index is 225. The first kappa shape index (κ1) is 13.5. The minimum Gasteiger partial charge on any atom is -0.382 e. The van der Waals surface area contributed by atoms with Gasteiger partial charge < -0.3 is 15.8 Å². The van der Waals surface area contributed by atoms with Gasteiger partial charge in [-0.15, -0.1) is 0 Å². The van der Waals surface area contributed by atoms with E-state index in [1.54, 1.807) is 6.92 Å². The number of carbonyl (C=O) groups is 1. The molecular formula is C12H24N2O2. The summed E-state index contributed by atoms with van der Waals surface area (Å²) in [5.74, 6) is -0.0531. The Morgan fingerprint density at radius 3 is 2.69 bits per heavy atom. The lowest BCUT2D eigenvalue weighted by molar-refractivity contribution is -0.123. The van der Waals surface area contributed by atoms with Gasteiger partial charge in [-0.1, -0.05) is 6.42 Å². The number of carbonyl (C=O) groups excluding carboxylic acids is 1. The number of hydrogen-bond acceptors (Lipinski definition) is 3. The average Bonchev–Trinajstić information content (AvgIpc) is 2.20. The third-order valence-electron chi connectivity index (χ3n) is 3.45. The summed E-state index contributed by atoms with van der Waals surface area (Å²) in [6.45, 7) is 6.03. The van der Waals surface area contributed by atoms with Crippen molar-refractivity contribution in [2.75, 3.05) is 19.8 Å². The van der Waals surface area contributed by atoms with Crippen molar-refractivity contribution in [2.45, 2.75) is 45.6 Å². The van der Waals surface area contributed by atoms with Gasteiger partial charge in [-0.05, 0) is 38.5 Å². The fraction of sp³-hybridized carbons (Fsp3) is 0.917. The Balaban J connectivity index is 2.27. The van der Waals surface area contributed by atoms with Crippen molar-refractivity contribution in [2.24, 2.45) is 11.1 Å². The van der Waals surface area contributed by atoms with Crippen LogP contribution in [0.4, 0.5) is 0 Å². The van der Waals surface area contributed by atoms with E-state index in [1.165, 1.54) is 19.3 Å². The molecule has 0 spiro atoms. The van der Waals surface area contributed by atoms with E-state index in [9.17, 15) is 4.79 Å². The van der Waals surface area contributed by atoms with E-state index in [2.05, 4.69) is 5.32 Å². The third-order valence-corrected chi connectivity index (χ3v) is 3.45. The van der Waals surface area contributed by atoms with Crippen LogP contribution in [0.1, 0.15) is 39.5 Å². The number of hydrogen-bond donors (Lipinski definition) is 2. The van der Waals surface area contributed by atoms with Gasteiger partial charge >= 0.3 is 0 Å². The number of amides is 1. The number of nitrogens with one attached hydrogen (secondary N) is 1. The van der Waals surface area contributed by atoms with Crippen molar-refractivity contribution >= 4 is 5.91 Å². The highest BCUT2D eigenvalue weighted by molar-refractivity contribution is 5.80. The van der Waals surface area contributed by atoms with E-state index in [1.807, 2.05) is 6.92 Å². The zero-order valence-electron chi connectivity index (χ0n) is 10.4. The van der Waals surface area contributed by atoms with E-state index >= 15 is 0 Å². The summed E-state index contributed by atoms with van der Waals surface area (Å²) in [5, 5.41) is 2.93. The SMILES string of the molecule is CCOCCC1(CNC(=O)[C@H](C)N)CCC1. The van der Waals surface area contributed by atoms with Gasteiger partial charge in [0, 0.05) is 19.8 Å². The predicted octanol–water partition coefficient (Wildman–Crippen LogP) is 1.05. The molecule has 1 amide bonds. The van der Waals surface area contributed by atoms with Crippen molar-refractivity contribution in [3.63, 3.8) is 0 Å². The molecule has 0 aromatic carbocycles. The highest BCUT2D eigenvalue weighted by Crippen LogP contribution is 2.43. The molecule has 16 heavy (non-hydrogen) atoms. The molecule has 4 heteroatoms. The Kier molecular flexibility index (Phi) is 5.22. The van der Waals surface area contributed by atoms with Gasteiger partial charge in [0.1, 0.15) is 0 Å². The first-order valence-corrected chi connectivity index (χ1v) is 6.21. The molecule has 0 aromatic rings. The Hall–Kier alpha value is -0.610. The van der Waals surface area contributed by atoms with Crippen molar-refractivity contribution in [1.82, 2.24) is 5.32 Å². The lowest BCUT2D eigenvalue weighted by atomic mass is 9.66. The lowest BCUT2D eigenvalue weighted by Gasteiger charge is -2.42. The summed E-state index contributed by atoms with van der Waals surface area (Å²) in [6, 6.07) is -0.413. The number of nitrogens with two attached hydrogens (primary N) is 1. The molecule has 1 fully saturated rings. The predicted molar refractivity (Wildman–Crippen MR) is 64.1 cm³/mol. The maximum absolute atomic E-state index is 11.4. The molecule has 4 nitrogen and oxygen atoms in total. The molecule has 1 rings (SSSR count). The quantitative estimate of drug-likeness (QED) is 0.640. The van der Waals surface area contributed by atoms with Crippen molar-refractivity contribution in [3.05, 3.63) is 0 Å². The van der Waals surface area contributed by atoms with E-state index in [4.69, 9.17) is 10.5 Å². The van der Waals surface area contributed by atoms with Gasteiger partial charge in [0.05, 0.1) is 6.04 Å². The zero-order chi connectivity index (χ0) is 12.0. The van der Waals surface area contributed by atoms with Crippen LogP contribution in [0, 0.1) is 5.41 Å². The van der Waals surface area contributed by atoms with Gasteiger partial charge in [0.2, 0.25) is 5.91 Å². The fourth-order valence-electron chi connectivity index (χ4n) is 2.06. The molecule has 1 saturated carbocycles. The molecule has 1 atom stereocenters.